The van der Waals surface area contributed by atoms with E-state index < -0.39 is 0 Å². The topological polar surface area (TPSA) is 21.7 Å². The molecule has 3 rings (SSSR count). The summed E-state index contributed by atoms with van der Waals surface area (Å²) in [6.45, 7) is 0. The van der Waals surface area contributed by atoms with E-state index in [1.165, 1.54) is 29.7 Å². The molecule has 0 saturated heterocycles. The summed E-state index contributed by atoms with van der Waals surface area (Å²) < 4.78 is 10.7. The summed E-state index contributed by atoms with van der Waals surface area (Å²) in [4.78, 5) is 2.44. The summed E-state index contributed by atoms with van der Waals surface area (Å²) in [5.41, 5.74) is 4.16. The van der Waals surface area contributed by atoms with Crippen LogP contribution in [-0.4, -0.2) is 27.3 Å². The van der Waals surface area contributed by atoms with Gasteiger partial charge in [0.2, 0.25) is 0 Å². The van der Waals surface area contributed by atoms with Crippen LogP contribution in [0.1, 0.15) is 24.0 Å². The standard InChI is InChI=1S/C20H25NO2/c1-21-17(12-10-16-6-4-5-7-18(16)21)11-8-15-9-13-19(22-2)20(14-15)23-3/h4-7,9,13-14,17H,8,10-12H2,1-3H3. The third kappa shape index (κ3) is 3.29. The Kier molecular flexibility index (Phi) is 4.75. The average molecular weight is 311 g/mol. The molecule has 0 fully saturated rings. The molecule has 0 N–H and O–H groups in total. The van der Waals surface area contributed by atoms with Crippen LogP contribution in [0.15, 0.2) is 42.5 Å². The van der Waals surface area contributed by atoms with E-state index in [0.717, 1.165) is 24.3 Å². The number of hydrogen-bond acceptors (Lipinski definition) is 3. The number of benzene rings is 2. The maximum absolute atomic E-state index is 5.40. The lowest BCUT2D eigenvalue weighted by Gasteiger charge is -2.36. The summed E-state index contributed by atoms with van der Waals surface area (Å²) in [7, 11) is 5.58. The third-order valence-electron chi connectivity index (χ3n) is 4.88. The van der Waals surface area contributed by atoms with Crippen molar-refractivity contribution in [2.45, 2.75) is 31.7 Å². The highest BCUT2D eigenvalue weighted by Crippen LogP contribution is 2.32. The molecule has 1 heterocycles. The number of anilines is 1. The lowest BCUT2D eigenvalue weighted by atomic mass is 9.92. The smallest absolute Gasteiger partial charge is 0.160 e. The molecule has 0 aromatic heterocycles. The van der Waals surface area contributed by atoms with Crippen molar-refractivity contribution in [3.8, 4) is 11.5 Å². The van der Waals surface area contributed by atoms with Gasteiger partial charge in [-0.3, -0.25) is 0 Å². The van der Waals surface area contributed by atoms with Crippen LogP contribution in [0.4, 0.5) is 5.69 Å². The fraction of sp³-hybridized carbons (Fsp3) is 0.400. The maximum atomic E-state index is 5.40. The van der Waals surface area contributed by atoms with E-state index in [1.807, 2.05) is 6.07 Å². The predicted molar refractivity (Wildman–Crippen MR) is 94.8 cm³/mol. The molecular formula is C20H25NO2. The number of methoxy groups -OCH3 is 2. The molecule has 1 aliphatic rings. The van der Waals surface area contributed by atoms with Crippen molar-refractivity contribution >= 4 is 5.69 Å². The normalized spacial score (nSPS) is 16.8. The first-order valence-electron chi connectivity index (χ1n) is 8.24. The number of nitrogens with zero attached hydrogens (tertiary/aromatic N) is 1. The maximum Gasteiger partial charge on any atom is 0.160 e. The minimum absolute atomic E-state index is 0.595. The summed E-state index contributed by atoms with van der Waals surface area (Å²) in [6, 6.07) is 15.6. The molecule has 1 atom stereocenters. The van der Waals surface area contributed by atoms with Gasteiger partial charge >= 0.3 is 0 Å². The van der Waals surface area contributed by atoms with Gasteiger partial charge in [0.05, 0.1) is 14.2 Å². The van der Waals surface area contributed by atoms with Crippen molar-refractivity contribution < 1.29 is 9.47 Å². The molecular weight excluding hydrogens is 286 g/mol. The number of fused-ring (bicyclic) bond motifs is 1. The molecule has 0 saturated carbocycles. The van der Waals surface area contributed by atoms with Crippen molar-refractivity contribution in [3.63, 3.8) is 0 Å². The zero-order chi connectivity index (χ0) is 16.2. The lowest BCUT2D eigenvalue weighted by Crippen LogP contribution is -2.36. The highest BCUT2D eigenvalue weighted by atomic mass is 16.5. The van der Waals surface area contributed by atoms with Crippen molar-refractivity contribution in [1.29, 1.82) is 0 Å². The first-order valence-corrected chi connectivity index (χ1v) is 8.24. The van der Waals surface area contributed by atoms with Crippen molar-refractivity contribution in [3.05, 3.63) is 53.6 Å². The van der Waals surface area contributed by atoms with E-state index in [-0.39, 0.29) is 0 Å². The average Bonchev–Trinajstić information content (AvgIpc) is 2.61. The second kappa shape index (κ2) is 6.95. The first kappa shape index (κ1) is 15.7. The van der Waals surface area contributed by atoms with Crippen LogP contribution >= 0.6 is 0 Å². The molecule has 3 nitrogen and oxygen atoms in total. The van der Waals surface area contributed by atoms with Crippen LogP contribution in [0.25, 0.3) is 0 Å². The Labute approximate surface area is 138 Å². The minimum atomic E-state index is 0.595. The number of ether oxygens (including phenoxy) is 2. The Balaban J connectivity index is 1.67. The zero-order valence-corrected chi connectivity index (χ0v) is 14.2. The van der Waals surface area contributed by atoms with Crippen LogP contribution in [0.3, 0.4) is 0 Å². The zero-order valence-electron chi connectivity index (χ0n) is 14.2. The summed E-state index contributed by atoms with van der Waals surface area (Å²) in [5, 5.41) is 0. The van der Waals surface area contributed by atoms with Crippen molar-refractivity contribution in [2.75, 3.05) is 26.2 Å². The molecule has 0 spiro atoms. The molecule has 0 bridgehead atoms. The summed E-state index contributed by atoms with van der Waals surface area (Å²) in [6.07, 6.45) is 4.61. The van der Waals surface area contributed by atoms with E-state index in [0.29, 0.717) is 6.04 Å². The fourth-order valence-electron chi connectivity index (χ4n) is 3.49. The van der Waals surface area contributed by atoms with Crippen LogP contribution in [0.5, 0.6) is 11.5 Å². The van der Waals surface area contributed by atoms with Gasteiger partial charge in [-0.25, -0.2) is 0 Å². The predicted octanol–water partition coefficient (Wildman–Crippen LogP) is 4.09. The van der Waals surface area contributed by atoms with Gasteiger partial charge in [0.1, 0.15) is 0 Å². The Hall–Kier alpha value is -2.16. The minimum Gasteiger partial charge on any atom is -0.493 e. The van der Waals surface area contributed by atoms with E-state index >= 15 is 0 Å². The molecule has 23 heavy (non-hydrogen) atoms. The van der Waals surface area contributed by atoms with Crippen LogP contribution in [0.2, 0.25) is 0 Å². The Bertz CT molecular complexity index is 668. The van der Waals surface area contributed by atoms with E-state index in [4.69, 9.17) is 9.47 Å². The number of aryl methyl sites for hydroxylation is 2. The number of rotatable bonds is 5. The van der Waals surface area contributed by atoms with E-state index in [2.05, 4.69) is 48.3 Å². The Morgan fingerprint density at radius 2 is 1.83 bits per heavy atom. The monoisotopic (exact) mass is 311 g/mol. The Morgan fingerprint density at radius 3 is 2.61 bits per heavy atom. The van der Waals surface area contributed by atoms with E-state index in [1.54, 1.807) is 14.2 Å². The summed E-state index contributed by atoms with van der Waals surface area (Å²) in [5.74, 6) is 1.60. The largest absolute Gasteiger partial charge is 0.493 e. The molecule has 3 heteroatoms. The van der Waals surface area contributed by atoms with Gasteiger partial charge in [-0.15, -0.1) is 0 Å². The van der Waals surface area contributed by atoms with Crippen molar-refractivity contribution in [1.82, 2.24) is 0 Å². The van der Waals surface area contributed by atoms with Gasteiger partial charge in [-0.2, -0.15) is 0 Å². The van der Waals surface area contributed by atoms with Gasteiger partial charge in [0, 0.05) is 18.8 Å². The van der Waals surface area contributed by atoms with Gasteiger partial charge in [0.15, 0.2) is 11.5 Å². The highest BCUT2D eigenvalue weighted by Gasteiger charge is 2.22. The number of para-hydroxylation sites is 1. The molecule has 122 valence electrons. The Morgan fingerprint density at radius 1 is 1.04 bits per heavy atom. The molecule has 0 aliphatic carbocycles. The third-order valence-corrected chi connectivity index (χ3v) is 4.88. The second-order valence-corrected chi connectivity index (χ2v) is 6.16. The lowest BCUT2D eigenvalue weighted by molar-refractivity contribution is 0.354. The quantitative estimate of drug-likeness (QED) is 0.830. The second-order valence-electron chi connectivity index (χ2n) is 6.16. The van der Waals surface area contributed by atoms with Crippen LogP contribution < -0.4 is 14.4 Å². The van der Waals surface area contributed by atoms with E-state index in [9.17, 15) is 0 Å². The van der Waals surface area contributed by atoms with Gasteiger partial charge < -0.3 is 14.4 Å². The van der Waals surface area contributed by atoms with Crippen LogP contribution in [-0.2, 0) is 12.8 Å². The molecule has 2 aromatic rings. The first-order chi connectivity index (χ1) is 11.2. The molecule has 2 aromatic carbocycles. The van der Waals surface area contributed by atoms with Gasteiger partial charge in [-0.1, -0.05) is 24.3 Å². The van der Waals surface area contributed by atoms with Crippen LogP contribution in [0, 0.1) is 0 Å². The fourth-order valence-corrected chi connectivity index (χ4v) is 3.49. The highest BCUT2D eigenvalue weighted by molar-refractivity contribution is 5.55. The molecule has 1 unspecified atom stereocenters. The van der Waals surface area contributed by atoms with Crippen molar-refractivity contribution in [2.24, 2.45) is 0 Å². The molecule has 0 radical (unpaired) electrons. The van der Waals surface area contributed by atoms with Gasteiger partial charge in [0.25, 0.3) is 0 Å². The molecule has 0 amide bonds. The molecule has 1 aliphatic heterocycles. The number of hydrogen-bond donors (Lipinski definition) is 0. The summed E-state index contributed by atoms with van der Waals surface area (Å²) >= 11 is 0. The SMILES string of the molecule is COc1ccc(CCC2CCc3ccccc3N2C)cc1OC. The van der Waals surface area contributed by atoms with Gasteiger partial charge in [-0.05, 0) is 55.0 Å².